The van der Waals surface area contributed by atoms with Gasteiger partial charge in [0.15, 0.2) is 0 Å². The molecule has 0 aromatic carbocycles. The summed E-state index contributed by atoms with van der Waals surface area (Å²) in [6, 6.07) is 0. The van der Waals surface area contributed by atoms with Gasteiger partial charge in [0.1, 0.15) is 6.26 Å². The van der Waals surface area contributed by atoms with E-state index in [4.69, 9.17) is 4.52 Å². The summed E-state index contributed by atoms with van der Waals surface area (Å²) in [5.74, 6) is 0.734. The van der Waals surface area contributed by atoms with Crippen molar-refractivity contribution >= 4 is 0 Å². The largest absolute Gasteiger partial charge is 0.364 e. The fourth-order valence-corrected chi connectivity index (χ4v) is 1.50. The molecule has 2 heteroatoms. The Bertz CT molecular complexity index is 281. The molecule has 0 aliphatic rings. The maximum absolute atomic E-state index is 5.05. The van der Waals surface area contributed by atoms with E-state index in [1.165, 1.54) is 12.0 Å². The third-order valence-corrected chi connectivity index (χ3v) is 2.34. The van der Waals surface area contributed by atoms with Crippen LogP contribution in [0.2, 0.25) is 0 Å². The van der Waals surface area contributed by atoms with E-state index in [1.807, 2.05) is 0 Å². The van der Waals surface area contributed by atoms with Crippen LogP contribution in [0.1, 0.15) is 52.3 Å². The van der Waals surface area contributed by atoms with Crippen LogP contribution in [0, 0.1) is 5.92 Å². The van der Waals surface area contributed by atoms with Gasteiger partial charge in [0.2, 0.25) is 0 Å². The van der Waals surface area contributed by atoms with Crippen LogP contribution >= 0.6 is 0 Å². The first-order valence-electron chi connectivity index (χ1n) is 5.35. The molecule has 0 aliphatic heterocycles. The van der Waals surface area contributed by atoms with Crippen LogP contribution in [0.15, 0.2) is 10.8 Å². The number of hydrogen-bond donors (Lipinski definition) is 0. The molecule has 0 unspecified atom stereocenters. The third kappa shape index (κ3) is 2.86. The lowest BCUT2D eigenvalue weighted by molar-refractivity contribution is 0.393. The molecule has 0 radical (unpaired) electrons. The van der Waals surface area contributed by atoms with E-state index in [-0.39, 0.29) is 5.41 Å². The first-order valence-corrected chi connectivity index (χ1v) is 5.35. The quantitative estimate of drug-likeness (QED) is 0.737. The van der Waals surface area contributed by atoms with E-state index in [0.717, 1.165) is 18.0 Å². The van der Waals surface area contributed by atoms with Gasteiger partial charge in [-0.15, -0.1) is 0 Å². The average Bonchev–Trinajstić information content (AvgIpc) is 2.46. The van der Waals surface area contributed by atoms with Crippen molar-refractivity contribution in [3.05, 3.63) is 17.5 Å². The normalized spacial score (nSPS) is 12.4. The number of aryl methyl sites for hydroxylation is 1. The van der Waals surface area contributed by atoms with E-state index in [9.17, 15) is 0 Å². The van der Waals surface area contributed by atoms with Gasteiger partial charge in [-0.25, -0.2) is 0 Å². The SMILES string of the molecule is CC(C)CCc1conc1C(C)(C)C. The molecule has 80 valence electrons. The topological polar surface area (TPSA) is 26.0 Å². The molecule has 0 aliphatic carbocycles. The lowest BCUT2D eigenvalue weighted by atomic mass is 9.88. The van der Waals surface area contributed by atoms with E-state index in [1.54, 1.807) is 6.26 Å². The summed E-state index contributed by atoms with van der Waals surface area (Å²) < 4.78 is 5.05. The Hall–Kier alpha value is -0.790. The molecule has 1 aromatic heterocycles. The van der Waals surface area contributed by atoms with Gasteiger partial charge in [0.25, 0.3) is 0 Å². The van der Waals surface area contributed by atoms with Gasteiger partial charge in [-0.3, -0.25) is 0 Å². The number of hydrogen-bond acceptors (Lipinski definition) is 2. The van der Waals surface area contributed by atoms with Crippen molar-refractivity contribution < 1.29 is 4.52 Å². The standard InChI is InChI=1S/C12H21NO/c1-9(2)6-7-10-8-14-13-11(10)12(3,4)5/h8-9H,6-7H2,1-5H3. The predicted molar refractivity (Wildman–Crippen MR) is 58.4 cm³/mol. The minimum absolute atomic E-state index is 0.0965. The zero-order chi connectivity index (χ0) is 10.8. The number of aromatic nitrogens is 1. The van der Waals surface area contributed by atoms with Crippen LogP contribution < -0.4 is 0 Å². The molecule has 1 heterocycles. The fraction of sp³-hybridized carbons (Fsp3) is 0.750. The average molecular weight is 195 g/mol. The van der Waals surface area contributed by atoms with E-state index in [2.05, 4.69) is 39.8 Å². The summed E-state index contributed by atoms with van der Waals surface area (Å²) in [6.07, 6.45) is 4.07. The van der Waals surface area contributed by atoms with Crippen LogP contribution in [-0.4, -0.2) is 5.16 Å². The monoisotopic (exact) mass is 195 g/mol. The van der Waals surface area contributed by atoms with Crippen molar-refractivity contribution in [1.29, 1.82) is 0 Å². The number of rotatable bonds is 3. The molecule has 0 fully saturated rings. The van der Waals surface area contributed by atoms with Crippen LogP contribution in [-0.2, 0) is 11.8 Å². The molecule has 0 bridgehead atoms. The van der Waals surface area contributed by atoms with Crippen molar-refractivity contribution in [2.45, 2.75) is 52.9 Å². The lowest BCUT2D eigenvalue weighted by Gasteiger charge is -2.16. The highest BCUT2D eigenvalue weighted by Gasteiger charge is 2.21. The maximum atomic E-state index is 5.05. The Kier molecular flexibility index (Phi) is 3.35. The molecule has 0 atom stereocenters. The molecule has 2 nitrogen and oxygen atoms in total. The molecule has 0 saturated carbocycles. The van der Waals surface area contributed by atoms with Crippen molar-refractivity contribution in [3.63, 3.8) is 0 Å². The second-order valence-corrected chi connectivity index (χ2v) is 5.37. The van der Waals surface area contributed by atoms with Crippen molar-refractivity contribution in [1.82, 2.24) is 5.16 Å². The highest BCUT2D eigenvalue weighted by atomic mass is 16.5. The Morgan fingerprint density at radius 1 is 1.36 bits per heavy atom. The molecule has 1 aromatic rings. The van der Waals surface area contributed by atoms with Crippen molar-refractivity contribution in [3.8, 4) is 0 Å². The Morgan fingerprint density at radius 2 is 2.00 bits per heavy atom. The summed E-state index contributed by atoms with van der Waals surface area (Å²) in [5, 5.41) is 4.09. The van der Waals surface area contributed by atoms with Gasteiger partial charge in [0, 0.05) is 11.0 Å². The minimum Gasteiger partial charge on any atom is -0.364 e. The van der Waals surface area contributed by atoms with Crippen molar-refractivity contribution in [2.24, 2.45) is 5.92 Å². The van der Waals surface area contributed by atoms with E-state index >= 15 is 0 Å². The van der Waals surface area contributed by atoms with Gasteiger partial charge in [-0.05, 0) is 18.8 Å². The highest BCUT2D eigenvalue weighted by Crippen LogP contribution is 2.25. The van der Waals surface area contributed by atoms with Crippen LogP contribution in [0.25, 0.3) is 0 Å². The molecule has 0 saturated heterocycles. The molecular formula is C12H21NO. The number of nitrogens with zero attached hydrogens (tertiary/aromatic N) is 1. The van der Waals surface area contributed by atoms with Gasteiger partial charge in [-0.1, -0.05) is 39.8 Å². The van der Waals surface area contributed by atoms with Gasteiger partial charge >= 0.3 is 0 Å². The van der Waals surface area contributed by atoms with Crippen LogP contribution in [0.3, 0.4) is 0 Å². The highest BCUT2D eigenvalue weighted by molar-refractivity contribution is 5.22. The Balaban J connectivity index is 2.73. The summed E-state index contributed by atoms with van der Waals surface area (Å²) in [4.78, 5) is 0. The Labute approximate surface area is 86.7 Å². The second-order valence-electron chi connectivity index (χ2n) is 5.37. The smallest absolute Gasteiger partial charge is 0.127 e. The van der Waals surface area contributed by atoms with E-state index < -0.39 is 0 Å². The van der Waals surface area contributed by atoms with Crippen molar-refractivity contribution in [2.75, 3.05) is 0 Å². The molecule has 0 amide bonds. The molecule has 0 N–H and O–H groups in total. The first kappa shape index (κ1) is 11.3. The third-order valence-electron chi connectivity index (χ3n) is 2.34. The molecular weight excluding hydrogens is 174 g/mol. The van der Waals surface area contributed by atoms with Gasteiger partial charge in [0.05, 0.1) is 5.69 Å². The summed E-state index contributed by atoms with van der Waals surface area (Å²) in [6.45, 7) is 11.0. The molecule has 1 rings (SSSR count). The van der Waals surface area contributed by atoms with Gasteiger partial charge < -0.3 is 4.52 Å². The summed E-state index contributed by atoms with van der Waals surface area (Å²) in [7, 11) is 0. The first-order chi connectivity index (χ1) is 6.41. The molecule has 0 spiro atoms. The molecule has 14 heavy (non-hydrogen) atoms. The van der Waals surface area contributed by atoms with Crippen LogP contribution in [0.5, 0.6) is 0 Å². The lowest BCUT2D eigenvalue weighted by Crippen LogP contribution is -2.14. The fourth-order valence-electron chi connectivity index (χ4n) is 1.50. The van der Waals surface area contributed by atoms with Gasteiger partial charge in [-0.2, -0.15) is 0 Å². The maximum Gasteiger partial charge on any atom is 0.127 e. The zero-order valence-corrected chi connectivity index (χ0v) is 9.92. The predicted octanol–water partition coefficient (Wildman–Crippen LogP) is 3.56. The van der Waals surface area contributed by atoms with Crippen LogP contribution in [0.4, 0.5) is 0 Å². The Morgan fingerprint density at radius 3 is 2.50 bits per heavy atom. The summed E-state index contributed by atoms with van der Waals surface area (Å²) >= 11 is 0. The minimum atomic E-state index is 0.0965. The second kappa shape index (κ2) is 4.16. The van der Waals surface area contributed by atoms with E-state index in [0.29, 0.717) is 0 Å². The summed E-state index contributed by atoms with van der Waals surface area (Å²) in [5.41, 5.74) is 2.48. The zero-order valence-electron chi connectivity index (χ0n) is 9.92.